The molecular formula is C14H24O3. The third kappa shape index (κ3) is 2.51. The maximum atomic E-state index is 9.95. The van der Waals surface area contributed by atoms with Crippen LogP contribution in [0.1, 0.15) is 51.4 Å². The minimum absolute atomic E-state index is 0.174. The molecule has 17 heavy (non-hydrogen) atoms. The third-order valence-electron chi connectivity index (χ3n) is 4.85. The van der Waals surface area contributed by atoms with Gasteiger partial charge in [-0.25, -0.2) is 0 Å². The van der Waals surface area contributed by atoms with Crippen LogP contribution < -0.4 is 0 Å². The average molecular weight is 240 g/mol. The van der Waals surface area contributed by atoms with Gasteiger partial charge >= 0.3 is 0 Å². The van der Waals surface area contributed by atoms with Gasteiger partial charge in [-0.2, -0.15) is 0 Å². The SMILES string of the molecule is OC1CCOCC1CC1CCC2(CCCC2)O1. The summed E-state index contributed by atoms with van der Waals surface area (Å²) in [4.78, 5) is 0. The number of ether oxygens (including phenoxy) is 2. The fourth-order valence-electron chi connectivity index (χ4n) is 3.80. The summed E-state index contributed by atoms with van der Waals surface area (Å²) in [5.74, 6) is 0.297. The van der Waals surface area contributed by atoms with Crippen LogP contribution >= 0.6 is 0 Å². The van der Waals surface area contributed by atoms with E-state index in [1.54, 1.807) is 0 Å². The van der Waals surface area contributed by atoms with Crippen LogP contribution in [0.5, 0.6) is 0 Å². The molecule has 3 heteroatoms. The number of rotatable bonds is 2. The lowest BCUT2D eigenvalue weighted by Crippen LogP contribution is -2.35. The molecule has 3 rings (SSSR count). The predicted octanol–water partition coefficient (Wildman–Crippen LogP) is 2.27. The summed E-state index contributed by atoms with van der Waals surface area (Å²) in [5, 5.41) is 9.95. The molecule has 2 heterocycles. The van der Waals surface area contributed by atoms with E-state index in [4.69, 9.17) is 9.47 Å². The van der Waals surface area contributed by atoms with E-state index >= 15 is 0 Å². The van der Waals surface area contributed by atoms with Crippen molar-refractivity contribution in [3.8, 4) is 0 Å². The molecule has 2 aliphatic heterocycles. The Kier molecular flexibility index (Phi) is 3.42. The molecule has 3 fully saturated rings. The molecule has 1 spiro atoms. The highest BCUT2D eigenvalue weighted by molar-refractivity contribution is 4.93. The van der Waals surface area contributed by atoms with Crippen LogP contribution in [0.25, 0.3) is 0 Å². The molecule has 0 aromatic rings. The van der Waals surface area contributed by atoms with E-state index < -0.39 is 0 Å². The van der Waals surface area contributed by atoms with Crippen molar-refractivity contribution in [3.05, 3.63) is 0 Å². The number of hydrogen-bond donors (Lipinski definition) is 1. The molecule has 3 unspecified atom stereocenters. The molecule has 1 aliphatic carbocycles. The molecule has 0 aromatic heterocycles. The fourth-order valence-corrected chi connectivity index (χ4v) is 3.80. The van der Waals surface area contributed by atoms with Crippen molar-refractivity contribution in [2.24, 2.45) is 5.92 Å². The summed E-state index contributed by atoms with van der Waals surface area (Å²) in [5.41, 5.74) is 0.227. The molecule has 0 amide bonds. The van der Waals surface area contributed by atoms with Crippen LogP contribution in [-0.4, -0.2) is 36.1 Å². The van der Waals surface area contributed by atoms with Crippen molar-refractivity contribution in [3.63, 3.8) is 0 Å². The normalized spacial score (nSPS) is 41.1. The maximum Gasteiger partial charge on any atom is 0.0687 e. The number of aliphatic hydroxyl groups excluding tert-OH is 1. The van der Waals surface area contributed by atoms with Gasteiger partial charge in [0.1, 0.15) is 0 Å². The van der Waals surface area contributed by atoms with Gasteiger partial charge in [0.25, 0.3) is 0 Å². The molecule has 1 N–H and O–H groups in total. The van der Waals surface area contributed by atoms with E-state index in [1.165, 1.54) is 38.5 Å². The first-order valence-electron chi connectivity index (χ1n) is 7.21. The second-order valence-electron chi connectivity index (χ2n) is 6.10. The smallest absolute Gasteiger partial charge is 0.0687 e. The number of hydrogen-bond acceptors (Lipinski definition) is 3. The van der Waals surface area contributed by atoms with Crippen LogP contribution in [0.4, 0.5) is 0 Å². The first-order valence-corrected chi connectivity index (χ1v) is 7.21. The lowest BCUT2D eigenvalue weighted by atomic mass is 9.91. The summed E-state index contributed by atoms with van der Waals surface area (Å²) in [6.45, 7) is 1.43. The van der Waals surface area contributed by atoms with Gasteiger partial charge in [-0.05, 0) is 38.5 Å². The van der Waals surface area contributed by atoms with Crippen LogP contribution in [0.15, 0.2) is 0 Å². The van der Waals surface area contributed by atoms with Gasteiger partial charge in [-0.3, -0.25) is 0 Å². The third-order valence-corrected chi connectivity index (χ3v) is 4.85. The monoisotopic (exact) mass is 240 g/mol. The summed E-state index contributed by atoms with van der Waals surface area (Å²) in [6, 6.07) is 0. The summed E-state index contributed by atoms with van der Waals surface area (Å²) >= 11 is 0. The van der Waals surface area contributed by atoms with E-state index in [9.17, 15) is 5.11 Å². The predicted molar refractivity (Wildman–Crippen MR) is 64.9 cm³/mol. The van der Waals surface area contributed by atoms with E-state index in [-0.39, 0.29) is 11.7 Å². The first-order chi connectivity index (χ1) is 8.27. The second-order valence-corrected chi connectivity index (χ2v) is 6.10. The van der Waals surface area contributed by atoms with Gasteiger partial charge < -0.3 is 14.6 Å². The zero-order chi connectivity index (χ0) is 11.7. The van der Waals surface area contributed by atoms with Crippen molar-refractivity contribution in [1.82, 2.24) is 0 Å². The highest BCUT2D eigenvalue weighted by Crippen LogP contribution is 2.44. The summed E-state index contributed by atoms with van der Waals surface area (Å²) in [7, 11) is 0. The van der Waals surface area contributed by atoms with Crippen molar-refractivity contribution >= 4 is 0 Å². The highest BCUT2D eigenvalue weighted by Gasteiger charge is 2.43. The van der Waals surface area contributed by atoms with Gasteiger partial charge in [0.15, 0.2) is 0 Å². The Morgan fingerprint density at radius 2 is 1.94 bits per heavy atom. The maximum absolute atomic E-state index is 9.95. The van der Waals surface area contributed by atoms with E-state index in [2.05, 4.69) is 0 Å². The minimum atomic E-state index is -0.174. The van der Waals surface area contributed by atoms with Crippen LogP contribution in [0.3, 0.4) is 0 Å². The van der Waals surface area contributed by atoms with E-state index in [1.807, 2.05) is 0 Å². The standard InChI is InChI=1S/C14H24O3/c15-13-4-8-16-10-11(13)9-12-3-7-14(17-12)5-1-2-6-14/h11-13,15H,1-10H2. The molecule has 0 radical (unpaired) electrons. The van der Waals surface area contributed by atoms with Crippen LogP contribution in [-0.2, 0) is 9.47 Å². The molecule has 3 nitrogen and oxygen atoms in total. The Morgan fingerprint density at radius 3 is 2.71 bits per heavy atom. The van der Waals surface area contributed by atoms with Gasteiger partial charge in [0.05, 0.1) is 24.4 Å². The molecule has 98 valence electrons. The molecule has 0 bridgehead atoms. The van der Waals surface area contributed by atoms with Crippen LogP contribution in [0, 0.1) is 5.92 Å². The Balaban J connectivity index is 1.52. The molecule has 1 saturated carbocycles. The summed E-state index contributed by atoms with van der Waals surface area (Å²) in [6.07, 6.45) is 9.59. The van der Waals surface area contributed by atoms with Gasteiger partial charge in [-0.1, -0.05) is 12.8 Å². The van der Waals surface area contributed by atoms with Crippen LogP contribution in [0.2, 0.25) is 0 Å². The Bertz CT molecular complexity index is 260. The summed E-state index contributed by atoms with van der Waals surface area (Å²) < 4.78 is 11.8. The average Bonchev–Trinajstić information content (AvgIpc) is 2.94. The lowest BCUT2D eigenvalue weighted by Gasteiger charge is -2.30. The zero-order valence-corrected chi connectivity index (χ0v) is 10.6. The zero-order valence-electron chi connectivity index (χ0n) is 10.6. The highest BCUT2D eigenvalue weighted by atomic mass is 16.5. The lowest BCUT2D eigenvalue weighted by molar-refractivity contribution is -0.0811. The quantitative estimate of drug-likeness (QED) is 0.804. The molecular weight excluding hydrogens is 216 g/mol. The second kappa shape index (κ2) is 4.87. The van der Waals surface area contributed by atoms with Crippen molar-refractivity contribution in [2.45, 2.75) is 69.2 Å². The molecule has 2 saturated heterocycles. The van der Waals surface area contributed by atoms with E-state index in [0.29, 0.717) is 25.2 Å². The van der Waals surface area contributed by atoms with Gasteiger partial charge in [-0.15, -0.1) is 0 Å². The Labute approximate surface area is 103 Å². The molecule has 3 aliphatic rings. The molecule has 3 atom stereocenters. The van der Waals surface area contributed by atoms with Crippen molar-refractivity contribution in [1.29, 1.82) is 0 Å². The largest absolute Gasteiger partial charge is 0.393 e. The molecule has 0 aromatic carbocycles. The Morgan fingerprint density at radius 1 is 1.12 bits per heavy atom. The van der Waals surface area contributed by atoms with Crippen molar-refractivity contribution in [2.75, 3.05) is 13.2 Å². The van der Waals surface area contributed by atoms with E-state index in [0.717, 1.165) is 12.8 Å². The van der Waals surface area contributed by atoms with Crippen molar-refractivity contribution < 1.29 is 14.6 Å². The topological polar surface area (TPSA) is 38.7 Å². The van der Waals surface area contributed by atoms with Gasteiger partial charge in [0, 0.05) is 12.5 Å². The minimum Gasteiger partial charge on any atom is -0.393 e. The number of aliphatic hydroxyl groups is 1. The Hall–Kier alpha value is -0.120. The fraction of sp³-hybridized carbons (Fsp3) is 1.00. The van der Waals surface area contributed by atoms with Gasteiger partial charge in [0.2, 0.25) is 0 Å². The first kappa shape index (κ1) is 11.9.